The molecule has 3 aromatic carbocycles. The van der Waals surface area contributed by atoms with Crippen molar-refractivity contribution in [2.75, 3.05) is 19.6 Å². The molecule has 1 atom stereocenters. The third kappa shape index (κ3) is 4.59. The topological polar surface area (TPSA) is 52.7 Å². The Morgan fingerprint density at radius 1 is 1.03 bits per heavy atom. The summed E-state index contributed by atoms with van der Waals surface area (Å²) in [4.78, 5) is 30.2. The molecular weight excluding hydrogens is 453 g/mol. The van der Waals surface area contributed by atoms with Crippen LogP contribution in [0.2, 0.25) is 0 Å². The first-order valence-corrected chi connectivity index (χ1v) is 12.5. The molecular formula is C30H30FN3O2. The molecule has 5 rings (SSSR count). The zero-order valence-electron chi connectivity index (χ0n) is 20.5. The van der Waals surface area contributed by atoms with Crippen molar-refractivity contribution in [2.45, 2.75) is 38.3 Å². The van der Waals surface area contributed by atoms with Crippen molar-refractivity contribution >= 4 is 22.7 Å². The van der Waals surface area contributed by atoms with Crippen molar-refractivity contribution in [1.29, 1.82) is 0 Å². The molecule has 2 fully saturated rings. The van der Waals surface area contributed by atoms with Gasteiger partial charge in [0.1, 0.15) is 11.4 Å². The number of urea groups is 1. The maximum atomic E-state index is 14.0. The second kappa shape index (κ2) is 10.1. The van der Waals surface area contributed by atoms with Gasteiger partial charge >= 0.3 is 6.03 Å². The van der Waals surface area contributed by atoms with E-state index >= 15 is 0 Å². The summed E-state index contributed by atoms with van der Waals surface area (Å²) >= 11 is 0. The van der Waals surface area contributed by atoms with E-state index in [2.05, 4.69) is 64.5 Å². The number of nitrogens with one attached hydrogen (secondary N) is 1. The van der Waals surface area contributed by atoms with Crippen LogP contribution in [0.4, 0.5) is 9.18 Å². The molecule has 0 saturated carbocycles. The Kier molecular flexibility index (Phi) is 6.75. The van der Waals surface area contributed by atoms with Crippen molar-refractivity contribution in [3.8, 4) is 11.8 Å². The summed E-state index contributed by atoms with van der Waals surface area (Å²) < 4.78 is 14.0. The normalized spacial score (nSPS) is 20.9. The molecule has 0 unspecified atom stereocenters. The predicted molar refractivity (Wildman–Crippen MR) is 138 cm³/mol. The Morgan fingerprint density at radius 2 is 1.78 bits per heavy atom. The predicted octanol–water partition coefficient (Wildman–Crippen LogP) is 4.75. The van der Waals surface area contributed by atoms with Crippen molar-refractivity contribution in [2.24, 2.45) is 5.92 Å². The van der Waals surface area contributed by atoms with Gasteiger partial charge in [-0.25, -0.2) is 9.18 Å². The average Bonchev–Trinajstić information content (AvgIpc) is 3.12. The molecule has 0 spiro atoms. The lowest BCUT2D eigenvalue weighted by molar-refractivity contribution is -0.133. The van der Waals surface area contributed by atoms with Gasteiger partial charge in [-0.3, -0.25) is 14.6 Å². The van der Waals surface area contributed by atoms with E-state index < -0.39 is 11.6 Å². The molecule has 3 amide bonds. The Hall–Kier alpha value is -3.69. The van der Waals surface area contributed by atoms with Crippen LogP contribution in [-0.2, 0) is 17.8 Å². The van der Waals surface area contributed by atoms with Crippen LogP contribution >= 0.6 is 0 Å². The highest BCUT2D eigenvalue weighted by Crippen LogP contribution is 2.37. The van der Waals surface area contributed by atoms with Crippen molar-refractivity contribution in [3.05, 3.63) is 83.7 Å². The van der Waals surface area contributed by atoms with E-state index in [1.807, 2.05) is 6.07 Å². The van der Waals surface area contributed by atoms with Crippen LogP contribution in [0, 0.1) is 23.6 Å². The number of hydrogen-bond acceptors (Lipinski definition) is 3. The molecule has 2 aliphatic heterocycles. The maximum Gasteiger partial charge on any atom is 0.325 e. The van der Waals surface area contributed by atoms with Crippen LogP contribution in [-0.4, -0.2) is 46.9 Å². The Labute approximate surface area is 211 Å². The van der Waals surface area contributed by atoms with E-state index in [9.17, 15) is 14.0 Å². The van der Waals surface area contributed by atoms with Crippen LogP contribution < -0.4 is 5.32 Å². The number of piperidine rings is 1. The number of rotatable bonds is 6. The Bertz CT molecular complexity index is 1350. The number of likely N-dealkylation sites (tertiary alicyclic amines) is 1. The summed E-state index contributed by atoms with van der Waals surface area (Å²) in [5.41, 5.74) is 0.895. The summed E-state index contributed by atoms with van der Waals surface area (Å²) in [6, 6.07) is 20.7. The molecule has 2 saturated heterocycles. The number of nitrogens with zero attached hydrogens (tertiary/aromatic N) is 2. The highest BCUT2D eigenvalue weighted by molar-refractivity contribution is 6.07. The lowest BCUT2D eigenvalue weighted by Crippen LogP contribution is -2.57. The lowest BCUT2D eigenvalue weighted by atomic mass is 9.74. The zero-order chi connectivity index (χ0) is 25.1. The van der Waals surface area contributed by atoms with Gasteiger partial charge in [0.15, 0.2) is 0 Å². The first-order valence-electron chi connectivity index (χ1n) is 12.5. The number of hydrogen-bond donors (Lipinski definition) is 1. The maximum absolute atomic E-state index is 14.0. The third-order valence-corrected chi connectivity index (χ3v) is 7.55. The van der Waals surface area contributed by atoms with E-state index in [1.165, 1.54) is 33.4 Å². The van der Waals surface area contributed by atoms with Gasteiger partial charge < -0.3 is 5.32 Å². The van der Waals surface area contributed by atoms with Crippen molar-refractivity contribution in [1.82, 2.24) is 15.1 Å². The fourth-order valence-corrected chi connectivity index (χ4v) is 5.71. The Balaban J connectivity index is 1.37. The van der Waals surface area contributed by atoms with E-state index in [0.717, 1.165) is 32.5 Å². The first-order chi connectivity index (χ1) is 17.5. The van der Waals surface area contributed by atoms with Crippen molar-refractivity contribution < 1.29 is 14.0 Å². The molecule has 36 heavy (non-hydrogen) atoms. The zero-order valence-corrected chi connectivity index (χ0v) is 20.5. The van der Waals surface area contributed by atoms with Crippen LogP contribution in [0.25, 0.3) is 10.8 Å². The number of carbonyl (C=O) groups excluding carboxylic acids is 2. The van der Waals surface area contributed by atoms with E-state index in [0.29, 0.717) is 5.56 Å². The standard InChI is InChI=1S/C30H30FN3O2/c1-2-3-16-34-28(35)30(32-29(34)36,20-22-8-6-12-26(31)19-22)25-14-17-33(18-15-25)21-24-11-7-10-23-9-4-5-13-27(23)24/h4-13,19,25H,14-18,20-21H2,1H3,(H,32,36)/t30-/m1/s1. The van der Waals surface area contributed by atoms with Crippen LogP contribution in [0.3, 0.4) is 0 Å². The van der Waals surface area contributed by atoms with Gasteiger partial charge in [0.2, 0.25) is 0 Å². The quantitative estimate of drug-likeness (QED) is 0.407. The number of halogens is 1. The van der Waals surface area contributed by atoms with Crippen molar-refractivity contribution in [3.63, 3.8) is 0 Å². The minimum atomic E-state index is -1.09. The van der Waals surface area contributed by atoms with Crippen LogP contribution in [0.5, 0.6) is 0 Å². The fraction of sp³-hybridized carbons (Fsp3) is 0.333. The molecule has 2 heterocycles. The first kappa shape index (κ1) is 24.0. The molecule has 5 nitrogen and oxygen atoms in total. The summed E-state index contributed by atoms with van der Waals surface area (Å²) in [6.07, 6.45) is 1.79. The summed E-state index contributed by atoms with van der Waals surface area (Å²) in [5.74, 6) is 4.94. The van der Waals surface area contributed by atoms with Gasteiger partial charge in [-0.05, 0) is 72.8 Å². The SMILES string of the molecule is CC#CCN1C(=O)N[C@](Cc2cccc(F)c2)(C2CCN(Cc3cccc4ccccc34)CC2)C1=O. The minimum Gasteiger partial charge on any atom is -0.322 e. The van der Waals surface area contributed by atoms with E-state index in [1.54, 1.807) is 13.0 Å². The van der Waals surface area contributed by atoms with Gasteiger partial charge in [0.25, 0.3) is 5.91 Å². The Morgan fingerprint density at radius 3 is 2.56 bits per heavy atom. The van der Waals surface area contributed by atoms with Gasteiger partial charge in [-0.15, -0.1) is 5.92 Å². The lowest BCUT2D eigenvalue weighted by Gasteiger charge is -2.41. The smallest absolute Gasteiger partial charge is 0.322 e. The van der Waals surface area contributed by atoms with Gasteiger partial charge in [0.05, 0.1) is 6.54 Å². The largest absolute Gasteiger partial charge is 0.325 e. The molecule has 1 N–H and O–H groups in total. The molecule has 3 aromatic rings. The molecule has 184 valence electrons. The van der Waals surface area contributed by atoms with Gasteiger partial charge in [0, 0.05) is 13.0 Å². The van der Waals surface area contributed by atoms with E-state index in [-0.39, 0.29) is 30.6 Å². The highest BCUT2D eigenvalue weighted by atomic mass is 19.1. The molecule has 6 heteroatoms. The second-order valence-corrected chi connectivity index (χ2v) is 9.71. The number of imide groups is 1. The number of carbonyl (C=O) groups is 2. The van der Waals surface area contributed by atoms with E-state index in [4.69, 9.17) is 0 Å². The molecule has 0 aliphatic carbocycles. The molecule has 0 bridgehead atoms. The van der Waals surface area contributed by atoms with Gasteiger partial charge in [-0.2, -0.15) is 0 Å². The number of fused-ring (bicyclic) bond motifs is 1. The average molecular weight is 484 g/mol. The minimum absolute atomic E-state index is 0.0550. The third-order valence-electron chi connectivity index (χ3n) is 7.55. The summed E-state index contributed by atoms with van der Waals surface area (Å²) in [7, 11) is 0. The monoisotopic (exact) mass is 483 g/mol. The highest BCUT2D eigenvalue weighted by Gasteiger charge is 2.55. The van der Waals surface area contributed by atoms with Gasteiger partial charge in [-0.1, -0.05) is 60.5 Å². The molecule has 0 radical (unpaired) electrons. The molecule has 2 aliphatic rings. The molecule has 0 aromatic heterocycles. The van der Waals surface area contributed by atoms with Crippen LogP contribution in [0.15, 0.2) is 66.7 Å². The van der Waals surface area contributed by atoms with Crippen LogP contribution in [0.1, 0.15) is 30.9 Å². The fourth-order valence-electron chi connectivity index (χ4n) is 5.71. The number of amides is 3. The summed E-state index contributed by atoms with van der Waals surface area (Å²) in [6.45, 7) is 4.22. The number of benzene rings is 3. The summed E-state index contributed by atoms with van der Waals surface area (Å²) in [5, 5.41) is 5.52. The second-order valence-electron chi connectivity index (χ2n) is 9.71.